The summed E-state index contributed by atoms with van der Waals surface area (Å²) in [5.41, 5.74) is 3.50. The fourth-order valence-electron chi connectivity index (χ4n) is 2.73. The maximum atomic E-state index is 5.95. The van der Waals surface area contributed by atoms with Crippen molar-refractivity contribution >= 4 is 40.3 Å². The Morgan fingerprint density at radius 3 is 2.30 bits per heavy atom. The van der Waals surface area contributed by atoms with Crippen LogP contribution in [0.4, 0.5) is 11.4 Å². The Morgan fingerprint density at radius 1 is 1.00 bits per heavy atom. The van der Waals surface area contributed by atoms with Gasteiger partial charge in [-0.25, -0.2) is 0 Å². The van der Waals surface area contributed by atoms with Crippen LogP contribution >= 0.6 is 23.8 Å². The van der Waals surface area contributed by atoms with Gasteiger partial charge in [-0.2, -0.15) is 0 Å². The zero-order valence-corrected chi connectivity index (χ0v) is 14.7. The van der Waals surface area contributed by atoms with Gasteiger partial charge in [0.15, 0.2) is 5.11 Å². The zero-order valence-electron chi connectivity index (χ0n) is 13.1. The number of hydrogen-bond donors (Lipinski definition) is 1. The molecule has 0 aliphatic carbocycles. The topological polar surface area (TPSA) is 18.5 Å². The highest BCUT2D eigenvalue weighted by molar-refractivity contribution is 7.80. The van der Waals surface area contributed by atoms with Crippen LogP contribution in [0.2, 0.25) is 5.02 Å². The maximum absolute atomic E-state index is 5.95. The molecule has 1 N–H and O–H groups in total. The van der Waals surface area contributed by atoms with E-state index >= 15 is 0 Å². The number of halogens is 1. The van der Waals surface area contributed by atoms with Crippen LogP contribution in [0.5, 0.6) is 0 Å². The highest BCUT2D eigenvalue weighted by atomic mass is 35.5. The number of para-hydroxylation sites is 1. The van der Waals surface area contributed by atoms with Crippen molar-refractivity contribution in [2.75, 3.05) is 36.4 Å². The Morgan fingerprint density at radius 2 is 1.65 bits per heavy atom. The van der Waals surface area contributed by atoms with Gasteiger partial charge in [0.05, 0.1) is 0 Å². The van der Waals surface area contributed by atoms with Crippen molar-refractivity contribution in [3.63, 3.8) is 0 Å². The Bertz CT molecular complexity index is 679. The smallest absolute Gasteiger partial charge is 0.173 e. The Balaban J connectivity index is 1.57. The van der Waals surface area contributed by atoms with E-state index in [-0.39, 0.29) is 0 Å². The van der Waals surface area contributed by atoms with Crippen LogP contribution < -0.4 is 10.2 Å². The van der Waals surface area contributed by atoms with E-state index in [0.29, 0.717) is 0 Å². The van der Waals surface area contributed by atoms with E-state index in [9.17, 15) is 0 Å². The van der Waals surface area contributed by atoms with Crippen LogP contribution in [0, 0.1) is 6.92 Å². The highest BCUT2D eigenvalue weighted by Gasteiger charge is 2.19. The van der Waals surface area contributed by atoms with Crippen molar-refractivity contribution < 1.29 is 0 Å². The van der Waals surface area contributed by atoms with E-state index < -0.39 is 0 Å². The molecule has 0 aromatic heterocycles. The molecule has 1 saturated heterocycles. The van der Waals surface area contributed by atoms with Gasteiger partial charge in [-0.3, -0.25) is 0 Å². The molecule has 0 spiro atoms. The van der Waals surface area contributed by atoms with E-state index in [4.69, 9.17) is 23.8 Å². The van der Waals surface area contributed by atoms with Gasteiger partial charge in [-0.15, -0.1) is 0 Å². The van der Waals surface area contributed by atoms with Crippen LogP contribution in [0.15, 0.2) is 48.5 Å². The molecule has 0 bridgehead atoms. The van der Waals surface area contributed by atoms with Crippen molar-refractivity contribution in [3.8, 4) is 0 Å². The molecule has 120 valence electrons. The number of aryl methyl sites for hydroxylation is 1. The summed E-state index contributed by atoms with van der Waals surface area (Å²) in [7, 11) is 0. The van der Waals surface area contributed by atoms with Crippen molar-refractivity contribution in [3.05, 3.63) is 59.1 Å². The third kappa shape index (κ3) is 3.95. The fraction of sp³-hybridized carbons (Fsp3) is 0.278. The lowest BCUT2D eigenvalue weighted by molar-refractivity contribution is 0.391. The summed E-state index contributed by atoms with van der Waals surface area (Å²) in [5, 5.41) is 4.94. The molecule has 2 aromatic rings. The van der Waals surface area contributed by atoms with E-state index in [1.165, 1.54) is 11.3 Å². The number of nitrogens with zero attached hydrogens (tertiary/aromatic N) is 2. The quantitative estimate of drug-likeness (QED) is 0.823. The molecule has 3 rings (SSSR count). The number of benzene rings is 2. The molecule has 2 aromatic carbocycles. The summed E-state index contributed by atoms with van der Waals surface area (Å²) in [6.45, 7) is 5.83. The van der Waals surface area contributed by atoms with Gasteiger partial charge in [0.25, 0.3) is 0 Å². The number of thiocarbonyl (C=S) groups is 1. The highest BCUT2D eigenvalue weighted by Crippen LogP contribution is 2.20. The summed E-state index contributed by atoms with van der Waals surface area (Å²) < 4.78 is 0. The largest absolute Gasteiger partial charge is 0.368 e. The number of hydrogen-bond acceptors (Lipinski definition) is 2. The normalized spacial score (nSPS) is 14.7. The van der Waals surface area contributed by atoms with E-state index in [1.807, 2.05) is 24.3 Å². The Hall–Kier alpha value is -1.78. The van der Waals surface area contributed by atoms with Gasteiger partial charge < -0.3 is 15.1 Å². The third-order valence-electron chi connectivity index (χ3n) is 4.15. The van der Waals surface area contributed by atoms with Gasteiger partial charge in [-0.05, 0) is 55.0 Å². The van der Waals surface area contributed by atoms with Crippen molar-refractivity contribution in [1.29, 1.82) is 0 Å². The molecule has 0 unspecified atom stereocenters. The average molecular weight is 346 g/mol. The maximum Gasteiger partial charge on any atom is 0.173 e. The van der Waals surface area contributed by atoms with Crippen molar-refractivity contribution in [2.24, 2.45) is 0 Å². The third-order valence-corrected chi connectivity index (χ3v) is 4.76. The first-order chi connectivity index (χ1) is 11.1. The second kappa shape index (κ2) is 7.20. The van der Waals surface area contributed by atoms with Crippen LogP contribution in [0.3, 0.4) is 0 Å². The number of anilines is 2. The van der Waals surface area contributed by atoms with Gasteiger partial charge in [0.2, 0.25) is 0 Å². The number of piperazine rings is 1. The molecule has 1 heterocycles. The second-order valence-electron chi connectivity index (χ2n) is 5.70. The molecule has 1 aliphatic heterocycles. The molecule has 0 amide bonds. The zero-order chi connectivity index (χ0) is 16.2. The standard InChI is InChI=1S/C18H20ClN3S/c1-14-4-2-3-5-17(14)20-18(23)22-12-10-21(11-13-22)16-8-6-15(19)7-9-16/h2-9H,10-13H2,1H3,(H,20,23). The summed E-state index contributed by atoms with van der Waals surface area (Å²) in [4.78, 5) is 4.59. The summed E-state index contributed by atoms with van der Waals surface area (Å²) >= 11 is 11.5. The lowest BCUT2D eigenvalue weighted by Gasteiger charge is -2.37. The predicted molar refractivity (Wildman–Crippen MR) is 103 cm³/mol. The number of nitrogens with one attached hydrogen (secondary N) is 1. The minimum atomic E-state index is 0.774. The Labute approximate surface area is 147 Å². The lowest BCUT2D eigenvalue weighted by atomic mass is 10.2. The lowest BCUT2D eigenvalue weighted by Crippen LogP contribution is -2.50. The van der Waals surface area contributed by atoms with Crippen LogP contribution in [-0.4, -0.2) is 36.2 Å². The average Bonchev–Trinajstić information content (AvgIpc) is 2.58. The number of rotatable bonds is 2. The minimum absolute atomic E-state index is 0.774. The molecule has 0 radical (unpaired) electrons. The molecule has 1 aliphatic rings. The van der Waals surface area contributed by atoms with Crippen molar-refractivity contribution in [1.82, 2.24) is 4.90 Å². The monoisotopic (exact) mass is 345 g/mol. The van der Waals surface area contributed by atoms with Gasteiger partial charge in [0.1, 0.15) is 0 Å². The summed E-state index contributed by atoms with van der Waals surface area (Å²) in [6.07, 6.45) is 0. The van der Waals surface area contributed by atoms with Crippen LogP contribution in [0.1, 0.15) is 5.56 Å². The molecule has 3 nitrogen and oxygen atoms in total. The van der Waals surface area contributed by atoms with Crippen LogP contribution in [0.25, 0.3) is 0 Å². The molecule has 0 saturated carbocycles. The second-order valence-corrected chi connectivity index (χ2v) is 6.52. The Kier molecular flexibility index (Phi) is 5.03. The van der Waals surface area contributed by atoms with Crippen molar-refractivity contribution in [2.45, 2.75) is 6.92 Å². The van der Waals surface area contributed by atoms with Gasteiger partial charge >= 0.3 is 0 Å². The minimum Gasteiger partial charge on any atom is -0.368 e. The van der Waals surface area contributed by atoms with E-state index in [2.05, 4.69) is 46.3 Å². The first-order valence-corrected chi connectivity index (χ1v) is 8.54. The van der Waals surface area contributed by atoms with Gasteiger partial charge in [0, 0.05) is 42.6 Å². The summed E-state index contributed by atoms with van der Waals surface area (Å²) in [6, 6.07) is 16.2. The predicted octanol–water partition coefficient (Wildman–Crippen LogP) is 4.17. The molecular formula is C18H20ClN3S. The van der Waals surface area contributed by atoms with Crippen LogP contribution in [-0.2, 0) is 0 Å². The molecular weight excluding hydrogens is 326 g/mol. The first kappa shape index (κ1) is 16.1. The van der Waals surface area contributed by atoms with E-state index in [0.717, 1.165) is 42.0 Å². The SMILES string of the molecule is Cc1ccccc1NC(=S)N1CCN(c2ccc(Cl)cc2)CC1. The fourth-order valence-corrected chi connectivity index (χ4v) is 3.15. The molecule has 5 heteroatoms. The first-order valence-electron chi connectivity index (χ1n) is 7.75. The summed E-state index contributed by atoms with van der Waals surface area (Å²) in [5.74, 6) is 0. The van der Waals surface area contributed by atoms with Gasteiger partial charge in [-0.1, -0.05) is 29.8 Å². The molecule has 0 atom stereocenters. The molecule has 23 heavy (non-hydrogen) atoms. The molecule has 1 fully saturated rings. The van der Waals surface area contributed by atoms with E-state index in [1.54, 1.807) is 0 Å².